The largest absolute Gasteiger partial charge is 0.456 e. The normalized spacial score (nSPS) is 15.8. The fraction of sp³-hybridized carbons (Fsp3) is 0.174. The predicted molar refractivity (Wildman–Crippen MR) is 120 cm³/mol. The predicted octanol–water partition coefficient (Wildman–Crippen LogP) is 3.22. The van der Waals surface area contributed by atoms with E-state index < -0.39 is 0 Å². The van der Waals surface area contributed by atoms with E-state index in [0.29, 0.717) is 47.1 Å². The molecule has 0 aliphatic carbocycles. The highest BCUT2D eigenvalue weighted by atomic mass is 16.5. The molecule has 1 atom stereocenters. The highest BCUT2D eigenvalue weighted by molar-refractivity contribution is 5.97. The molecular weight excluding hydrogens is 406 g/mol. The maximum absolute atomic E-state index is 12.0. The van der Waals surface area contributed by atoms with Crippen LogP contribution < -0.4 is 10.5 Å². The Hall–Kier alpha value is -4.27. The van der Waals surface area contributed by atoms with Crippen LogP contribution in [0.25, 0.3) is 22.4 Å². The van der Waals surface area contributed by atoms with E-state index in [0.717, 1.165) is 12.2 Å². The van der Waals surface area contributed by atoms with Gasteiger partial charge < -0.3 is 15.4 Å². The minimum absolute atomic E-state index is 0.0230. The second-order valence-corrected chi connectivity index (χ2v) is 7.48. The molecule has 0 saturated carbocycles. The van der Waals surface area contributed by atoms with E-state index in [1.54, 1.807) is 11.1 Å². The number of pyridine rings is 1. The average molecular weight is 427 g/mol. The number of likely N-dealkylation sites (tertiary alicyclic amines) is 1. The van der Waals surface area contributed by atoms with Gasteiger partial charge in [0.2, 0.25) is 5.91 Å². The second-order valence-electron chi connectivity index (χ2n) is 7.48. The Kier molecular flexibility index (Phi) is 4.98. The molecule has 2 N–H and O–H groups in total. The molecule has 0 bridgehead atoms. The zero-order valence-electron chi connectivity index (χ0n) is 17.3. The highest BCUT2D eigenvalue weighted by Gasteiger charge is 2.30. The van der Waals surface area contributed by atoms with Crippen molar-refractivity contribution in [3.63, 3.8) is 0 Å². The third-order valence-electron chi connectivity index (χ3n) is 5.47. The summed E-state index contributed by atoms with van der Waals surface area (Å²) in [6, 6.07) is 13.1. The Morgan fingerprint density at radius 3 is 2.72 bits per heavy atom. The number of amides is 1. The number of para-hydroxylation sites is 1. The molecule has 1 saturated heterocycles. The molecule has 4 heterocycles. The van der Waals surface area contributed by atoms with Gasteiger partial charge in [-0.05, 0) is 36.8 Å². The van der Waals surface area contributed by atoms with E-state index in [4.69, 9.17) is 15.6 Å². The molecule has 160 valence electrons. The van der Waals surface area contributed by atoms with Crippen LogP contribution in [0.15, 0.2) is 67.6 Å². The molecule has 1 aromatic carbocycles. The summed E-state index contributed by atoms with van der Waals surface area (Å²) in [6.07, 6.45) is 5.16. The molecule has 3 aromatic heterocycles. The van der Waals surface area contributed by atoms with Crippen LogP contribution in [0.4, 0.5) is 5.82 Å². The van der Waals surface area contributed by atoms with Gasteiger partial charge in [0, 0.05) is 13.1 Å². The summed E-state index contributed by atoms with van der Waals surface area (Å²) < 4.78 is 7.66. The minimum atomic E-state index is -0.0889. The number of nitrogen functional groups attached to an aromatic ring is 1. The summed E-state index contributed by atoms with van der Waals surface area (Å²) in [5.41, 5.74) is 8.05. The number of hydrogen-bond acceptors (Lipinski definition) is 7. The van der Waals surface area contributed by atoms with Crippen molar-refractivity contribution < 1.29 is 9.53 Å². The van der Waals surface area contributed by atoms with Gasteiger partial charge in [0.15, 0.2) is 5.65 Å². The quantitative estimate of drug-likeness (QED) is 0.487. The van der Waals surface area contributed by atoms with Gasteiger partial charge in [-0.3, -0.25) is 9.78 Å². The van der Waals surface area contributed by atoms with Gasteiger partial charge in [0.25, 0.3) is 0 Å². The topological polar surface area (TPSA) is 112 Å². The van der Waals surface area contributed by atoms with Crippen molar-refractivity contribution >= 4 is 22.8 Å². The number of benzene rings is 1. The van der Waals surface area contributed by atoms with Gasteiger partial charge >= 0.3 is 0 Å². The molecule has 1 amide bonds. The summed E-state index contributed by atoms with van der Waals surface area (Å²) in [5, 5.41) is 5.45. The molecule has 0 spiro atoms. The van der Waals surface area contributed by atoms with Crippen LogP contribution in [-0.4, -0.2) is 48.6 Å². The lowest BCUT2D eigenvalue weighted by molar-refractivity contribution is -0.125. The molecule has 1 aliphatic rings. The van der Waals surface area contributed by atoms with Gasteiger partial charge in [0.1, 0.15) is 29.3 Å². The lowest BCUT2D eigenvalue weighted by Crippen LogP contribution is -2.27. The van der Waals surface area contributed by atoms with E-state index >= 15 is 0 Å². The van der Waals surface area contributed by atoms with Gasteiger partial charge in [-0.25, -0.2) is 14.6 Å². The first-order chi connectivity index (χ1) is 15.6. The number of nitrogens with zero attached hydrogens (tertiary/aromatic N) is 6. The Morgan fingerprint density at radius 2 is 1.97 bits per heavy atom. The van der Waals surface area contributed by atoms with Crippen molar-refractivity contribution in [2.45, 2.75) is 12.5 Å². The van der Waals surface area contributed by atoms with E-state index in [1.807, 2.05) is 47.1 Å². The highest BCUT2D eigenvalue weighted by Crippen LogP contribution is 2.33. The summed E-state index contributed by atoms with van der Waals surface area (Å²) in [6.45, 7) is 4.74. The van der Waals surface area contributed by atoms with Crippen molar-refractivity contribution in [3.8, 4) is 22.9 Å². The minimum Gasteiger partial charge on any atom is -0.456 e. The van der Waals surface area contributed by atoms with Crippen molar-refractivity contribution in [2.24, 2.45) is 0 Å². The molecule has 1 fully saturated rings. The van der Waals surface area contributed by atoms with Crippen molar-refractivity contribution in [2.75, 3.05) is 18.8 Å². The lowest BCUT2D eigenvalue weighted by atomic mass is 10.2. The van der Waals surface area contributed by atoms with E-state index in [1.165, 1.54) is 12.4 Å². The van der Waals surface area contributed by atoms with E-state index in [9.17, 15) is 4.79 Å². The molecule has 1 aliphatic heterocycles. The second kappa shape index (κ2) is 8.10. The lowest BCUT2D eigenvalue weighted by Gasteiger charge is -2.14. The van der Waals surface area contributed by atoms with Crippen LogP contribution in [-0.2, 0) is 4.79 Å². The Bertz CT molecular complexity index is 1290. The molecule has 32 heavy (non-hydrogen) atoms. The number of carbonyl (C=O) groups excluding carboxylic acids is 1. The summed E-state index contributed by atoms with van der Waals surface area (Å²) in [4.78, 5) is 26.9. The number of aromatic nitrogens is 5. The first-order valence-electron chi connectivity index (χ1n) is 10.2. The molecule has 0 unspecified atom stereocenters. The number of rotatable bonds is 5. The van der Waals surface area contributed by atoms with Crippen molar-refractivity contribution in [1.29, 1.82) is 0 Å². The fourth-order valence-electron chi connectivity index (χ4n) is 3.91. The SMILES string of the molecule is C=CC(=O)N1CC[C@@H](n2nc(-c3ccc(Oc4ccccc4)cn3)c3c(N)ncnc32)C1. The molecule has 9 heteroatoms. The number of fused-ring (bicyclic) bond motifs is 1. The van der Waals surface area contributed by atoms with Crippen LogP contribution in [0.5, 0.6) is 11.5 Å². The smallest absolute Gasteiger partial charge is 0.246 e. The molecule has 9 nitrogen and oxygen atoms in total. The van der Waals surface area contributed by atoms with Crippen LogP contribution in [0, 0.1) is 0 Å². The fourth-order valence-corrected chi connectivity index (χ4v) is 3.91. The Labute approximate surface area is 184 Å². The van der Waals surface area contributed by atoms with Crippen LogP contribution in [0.3, 0.4) is 0 Å². The van der Waals surface area contributed by atoms with Crippen molar-refractivity contribution in [1.82, 2.24) is 29.6 Å². The maximum Gasteiger partial charge on any atom is 0.246 e. The first-order valence-corrected chi connectivity index (χ1v) is 10.2. The van der Waals surface area contributed by atoms with Crippen molar-refractivity contribution in [3.05, 3.63) is 67.6 Å². The molecule has 0 radical (unpaired) electrons. The number of nitrogens with two attached hydrogens (primary N) is 1. The third-order valence-corrected chi connectivity index (χ3v) is 5.47. The standard InChI is InChI=1S/C23H21N7O2/c1-2-19(31)29-11-10-15(13-29)30-23-20(22(24)26-14-27-23)21(28-30)18-9-8-17(12-25-18)32-16-6-4-3-5-7-16/h2-9,12,14-15H,1,10-11,13H2,(H2,24,26,27)/t15-/m1/s1. The van der Waals surface area contributed by atoms with Gasteiger partial charge in [-0.15, -0.1) is 0 Å². The zero-order valence-corrected chi connectivity index (χ0v) is 17.3. The van der Waals surface area contributed by atoms with Crippen LogP contribution >= 0.6 is 0 Å². The summed E-state index contributed by atoms with van der Waals surface area (Å²) in [5.74, 6) is 1.59. The molecule has 5 rings (SSSR count). The maximum atomic E-state index is 12.0. The van der Waals surface area contributed by atoms with Gasteiger partial charge in [-0.2, -0.15) is 5.10 Å². The third kappa shape index (κ3) is 3.53. The van der Waals surface area contributed by atoms with Gasteiger partial charge in [-0.1, -0.05) is 24.8 Å². The number of anilines is 1. The molecular formula is C23H21N7O2. The van der Waals surface area contributed by atoms with Crippen LogP contribution in [0.2, 0.25) is 0 Å². The Morgan fingerprint density at radius 1 is 1.12 bits per heavy atom. The zero-order chi connectivity index (χ0) is 22.1. The monoisotopic (exact) mass is 427 g/mol. The van der Waals surface area contributed by atoms with Crippen LogP contribution in [0.1, 0.15) is 12.5 Å². The number of ether oxygens (including phenoxy) is 1. The first kappa shape index (κ1) is 19.7. The summed E-state index contributed by atoms with van der Waals surface area (Å²) >= 11 is 0. The van der Waals surface area contributed by atoms with Gasteiger partial charge in [0.05, 0.1) is 23.3 Å². The number of carbonyl (C=O) groups is 1. The Balaban J connectivity index is 1.49. The van der Waals surface area contributed by atoms with E-state index in [-0.39, 0.29) is 11.9 Å². The van der Waals surface area contributed by atoms with E-state index in [2.05, 4.69) is 21.5 Å². The molecule has 4 aromatic rings. The number of hydrogen-bond donors (Lipinski definition) is 1. The average Bonchev–Trinajstić information content (AvgIpc) is 3.46. The summed E-state index contributed by atoms with van der Waals surface area (Å²) in [7, 11) is 0.